The van der Waals surface area contributed by atoms with Crippen molar-refractivity contribution in [2.75, 3.05) is 0 Å². The van der Waals surface area contributed by atoms with Crippen LogP contribution < -0.4 is 5.32 Å². The van der Waals surface area contributed by atoms with Gasteiger partial charge in [-0.15, -0.1) is 10.2 Å². The van der Waals surface area contributed by atoms with Crippen LogP contribution in [0.2, 0.25) is 0 Å². The fourth-order valence-corrected chi connectivity index (χ4v) is 1.50. The van der Waals surface area contributed by atoms with Crippen molar-refractivity contribution >= 4 is 0 Å². The van der Waals surface area contributed by atoms with Crippen LogP contribution in [-0.2, 0) is 19.6 Å². The van der Waals surface area contributed by atoms with Crippen molar-refractivity contribution in [1.82, 2.24) is 35.5 Å². The third-order valence-electron chi connectivity index (χ3n) is 2.24. The van der Waals surface area contributed by atoms with Gasteiger partial charge < -0.3 is 9.88 Å². The minimum atomic E-state index is 0.605. The molecule has 0 spiro atoms. The second kappa shape index (κ2) is 5.36. The molecule has 2 aromatic heterocycles. The van der Waals surface area contributed by atoms with Gasteiger partial charge in [0.2, 0.25) is 0 Å². The van der Waals surface area contributed by atoms with Crippen LogP contribution in [0.4, 0.5) is 0 Å². The van der Waals surface area contributed by atoms with E-state index in [2.05, 4.69) is 42.4 Å². The molecule has 0 bridgehead atoms. The zero-order valence-electron chi connectivity index (χ0n) is 9.22. The van der Waals surface area contributed by atoms with E-state index in [1.807, 2.05) is 12.5 Å². The van der Waals surface area contributed by atoms with Crippen LogP contribution in [0.1, 0.15) is 24.9 Å². The number of aryl methyl sites for hydroxylation is 1. The molecule has 7 nitrogen and oxygen atoms in total. The molecule has 0 unspecified atom stereocenters. The predicted molar refractivity (Wildman–Crippen MR) is 57.2 cm³/mol. The fraction of sp³-hybridized carbons (Fsp3) is 0.556. The number of tetrazole rings is 1. The fourth-order valence-electron chi connectivity index (χ4n) is 1.50. The number of aromatic amines is 1. The van der Waals surface area contributed by atoms with Gasteiger partial charge in [0.05, 0.1) is 18.6 Å². The molecular weight excluding hydrogens is 206 g/mol. The Bertz CT molecular complexity index is 405. The minimum Gasteiger partial charge on any atom is -0.333 e. The summed E-state index contributed by atoms with van der Waals surface area (Å²) in [4.78, 5) is 4.13. The number of nitrogens with zero attached hydrogens (tertiary/aromatic N) is 5. The van der Waals surface area contributed by atoms with Gasteiger partial charge in [-0.2, -0.15) is 5.21 Å². The molecular formula is C9H15N7. The average Bonchev–Trinajstić information content (AvgIpc) is 2.91. The van der Waals surface area contributed by atoms with E-state index in [0.29, 0.717) is 12.4 Å². The normalized spacial score (nSPS) is 10.8. The molecule has 0 saturated carbocycles. The molecule has 0 radical (unpaired) electrons. The molecule has 0 fully saturated rings. The first-order valence-corrected chi connectivity index (χ1v) is 5.32. The summed E-state index contributed by atoms with van der Waals surface area (Å²) in [5, 5.41) is 16.9. The van der Waals surface area contributed by atoms with Crippen molar-refractivity contribution < 1.29 is 0 Å². The predicted octanol–water partition coefficient (Wildman–Crippen LogP) is 0.0960. The number of hydrogen-bond donors (Lipinski definition) is 2. The third kappa shape index (κ3) is 2.63. The van der Waals surface area contributed by atoms with E-state index >= 15 is 0 Å². The first-order valence-electron chi connectivity index (χ1n) is 5.32. The largest absolute Gasteiger partial charge is 0.333 e. The van der Waals surface area contributed by atoms with E-state index in [9.17, 15) is 0 Å². The number of nitrogens with one attached hydrogen (secondary N) is 2. The van der Waals surface area contributed by atoms with Crippen molar-refractivity contribution in [3.8, 4) is 0 Å². The number of imidazole rings is 1. The van der Waals surface area contributed by atoms with E-state index in [0.717, 1.165) is 19.5 Å². The van der Waals surface area contributed by atoms with Crippen molar-refractivity contribution in [3.63, 3.8) is 0 Å². The lowest BCUT2D eigenvalue weighted by molar-refractivity contribution is 0.592. The monoisotopic (exact) mass is 221 g/mol. The van der Waals surface area contributed by atoms with E-state index < -0.39 is 0 Å². The Hall–Kier alpha value is -1.76. The number of rotatable bonds is 6. The first-order chi connectivity index (χ1) is 7.90. The maximum absolute atomic E-state index is 4.13. The van der Waals surface area contributed by atoms with E-state index in [1.54, 1.807) is 0 Å². The van der Waals surface area contributed by atoms with Crippen molar-refractivity contribution in [2.24, 2.45) is 0 Å². The molecule has 7 heteroatoms. The molecule has 86 valence electrons. The molecule has 0 aliphatic heterocycles. The van der Waals surface area contributed by atoms with Gasteiger partial charge in [-0.1, -0.05) is 12.1 Å². The van der Waals surface area contributed by atoms with Crippen LogP contribution in [-0.4, -0.2) is 30.2 Å². The van der Waals surface area contributed by atoms with Crippen molar-refractivity contribution in [3.05, 3.63) is 24.0 Å². The molecule has 2 N–H and O–H groups in total. The van der Waals surface area contributed by atoms with Gasteiger partial charge >= 0.3 is 0 Å². The van der Waals surface area contributed by atoms with Crippen molar-refractivity contribution in [2.45, 2.75) is 33.0 Å². The van der Waals surface area contributed by atoms with Gasteiger partial charge in [0.15, 0.2) is 5.82 Å². The molecule has 2 aromatic rings. The molecule has 2 rings (SSSR count). The Morgan fingerprint density at radius 1 is 1.44 bits per heavy atom. The van der Waals surface area contributed by atoms with Gasteiger partial charge in [0.1, 0.15) is 0 Å². The van der Waals surface area contributed by atoms with Crippen LogP contribution in [0.25, 0.3) is 0 Å². The minimum absolute atomic E-state index is 0.605. The standard InChI is InChI=1S/C9H15N7/c1-2-3-16-7-11-5-8(16)4-10-6-9-12-14-15-13-9/h5,7,10H,2-4,6H2,1H3,(H,12,13,14,15). The van der Waals surface area contributed by atoms with Gasteiger partial charge in [-0.05, 0) is 6.42 Å². The molecule has 0 atom stereocenters. The summed E-state index contributed by atoms with van der Waals surface area (Å²) in [6, 6.07) is 0. The Morgan fingerprint density at radius 2 is 2.38 bits per heavy atom. The Balaban J connectivity index is 1.82. The zero-order chi connectivity index (χ0) is 11.2. The summed E-state index contributed by atoms with van der Waals surface area (Å²) >= 11 is 0. The first kappa shape index (κ1) is 10.7. The lowest BCUT2D eigenvalue weighted by atomic mass is 10.4. The summed E-state index contributed by atoms with van der Waals surface area (Å²) in [7, 11) is 0. The molecule has 2 heterocycles. The van der Waals surface area contributed by atoms with Gasteiger partial charge in [0.25, 0.3) is 0 Å². The Labute approximate surface area is 93.3 Å². The van der Waals surface area contributed by atoms with Crippen LogP contribution in [0.3, 0.4) is 0 Å². The highest BCUT2D eigenvalue weighted by Crippen LogP contribution is 2.00. The maximum Gasteiger partial charge on any atom is 0.188 e. The van der Waals surface area contributed by atoms with Crippen LogP contribution in [0.15, 0.2) is 12.5 Å². The zero-order valence-corrected chi connectivity index (χ0v) is 9.22. The van der Waals surface area contributed by atoms with E-state index in [4.69, 9.17) is 0 Å². The van der Waals surface area contributed by atoms with E-state index in [1.165, 1.54) is 5.69 Å². The molecule has 0 aliphatic rings. The molecule has 0 aromatic carbocycles. The lowest BCUT2D eigenvalue weighted by Crippen LogP contribution is -2.16. The molecule has 0 saturated heterocycles. The summed E-state index contributed by atoms with van der Waals surface area (Å²) in [6.45, 7) is 4.51. The SMILES string of the molecule is CCCn1cncc1CNCc1nn[nH]n1. The summed E-state index contributed by atoms with van der Waals surface area (Å²) < 4.78 is 2.14. The lowest BCUT2D eigenvalue weighted by Gasteiger charge is -2.06. The molecule has 16 heavy (non-hydrogen) atoms. The second-order valence-electron chi connectivity index (χ2n) is 3.51. The van der Waals surface area contributed by atoms with Gasteiger partial charge in [0, 0.05) is 19.3 Å². The maximum atomic E-state index is 4.13. The van der Waals surface area contributed by atoms with Crippen LogP contribution >= 0.6 is 0 Å². The highest BCUT2D eigenvalue weighted by molar-refractivity contribution is 4.98. The Kier molecular flexibility index (Phi) is 3.60. The van der Waals surface area contributed by atoms with Crippen LogP contribution in [0.5, 0.6) is 0 Å². The number of hydrogen-bond acceptors (Lipinski definition) is 5. The average molecular weight is 221 g/mol. The molecule has 0 amide bonds. The smallest absolute Gasteiger partial charge is 0.188 e. The highest BCUT2D eigenvalue weighted by atomic mass is 15.5. The summed E-state index contributed by atoms with van der Waals surface area (Å²) in [5.74, 6) is 0.668. The van der Waals surface area contributed by atoms with Gasteiger partial charge in [-0.3, -0.25) is 0 Å². The topological polar surface area (TPSA) is 84.3 Å². The van der Waals surface area contributed by atoms with Crippen LogP contribution in [0, 0.1) is 0 Å². The second-order valence-corrected chi connectivity index (χ2v) is 3.51. The molecule has 0 aliphatic carbocycles. The summed E-state index contributed by atoms with van der Waals surface area (Å²) in [5.41, 5.74) is 1.17. The van der Waals surface area contributed by atoms with Gasteiger partial charge in [-0.25, -0.2) is 4.98 Å². The highest BCUT2D eigenvalue weighted by Gasteiger charge is 2.02. The third-order valence-corrected chi connectivity index (χ3v) is 2.24. The van der Waals surface area contributed by atoms with Crippen molar-refractivity contribution in [1.29, 1.82) is 0 Å². The quantitative estimate of drug-likeness (QED) is 0.722. The summed E-state index contributed by atoms with van der Waals surface area (Å²) in [6.07, 6.45) is 4.84. The van der Waals surface area contributed by atoms with E-state index in [-0.39, 0.29) is 0 Å². The number of aromatic nitrogens is 6. The Morgan fingerprint density at radius 3 is 3.12 bits per heavy atom. The number of H-pyrrole nitrogens is 1.